The number of fused-ring (bicyclic) bond motifs is 1. The van der Waals surface area contributed by atoms with Gasteiger partial charge in [0.1, 0.15) is 0 Å². The van der Waals surface area contributed by atoms with Gasteiger partial charge in [-0.05, 0) is 64.0 Å². The van der Waals surface area contributed by atoms with Crippen LogP contribution in [0.5, 0.6) is 0 Å². The van der Waals surface area contributed by atoms with Crippen molar-refractivity contribution in [3.8, 4) is 5.69 Å². The highest BCUT2D eigenvalue weighted by molar-refractivity contribution is 6.31. The van der Waals surface area contributed by atoms with Gasteiger partial charge < -0.3 is 10.2 Å². The first kappa shape index (κ1) is 23.2. The first-order chi connectivity index (χ1) is 14.9. The predicted octanol–water partition coefficient (Wildman–Crippen LogP) is 4.85. The highest BCUT2D eigenvalue weighted by atomic mass is 35.5. The number of unbranched alkanes of at least 4 members (excludes halogenated alkanes) is 1. The molecule has 0 aliphatic heterocycles. The smallest absolute Gasteiger partial charge is 0.252 e. The largest absolute Gasteiger partial charge is 0.351 e. The number of likely N-dealkylation sites (N-methyl/N-ethyl adjacent to an activating group) is 1. The number of rotatable bonds is 9. The molecule has 0 unspecified atom stereocenters. The zero-order valence-electron chi connectivity index (χ0n) is 19.1. The third-order valence-corrected chi connectivity index (χ3v) is 6.05. The zero-order chi connectivity index (χ0) is 22.5. The molecule has 2 aromatic heterocycles. The first-order valence-corrected chi connectivity index (χ1v) is 11.4. The molecule has 0 aliphatic rings. The molecule has 0 aliphatic carbocycles. The average molecular weight is 442 g/mol. The van der Waals surface area contributed by atoms with Gasteiger partial charge in [0, 0.05) is 23.8 Å². The van der Waals surface area contributed by atoms with Crippen molar-refractivity contribution < 1.29 is 4.79 Å². The second-order valence-corrected chi connectivity index (χ2v) is 8.34. The number of benzene rings is 1. The number of nitrogens with one attached hydrogen (secondary N) is 1. The molecule has 0 saturated heterocycles. The van der Waals surface area contributed by atoms with E-state index in [4.69, 9.17) is 21.7 Å². The topological polar surface area (TPSA) is 63.1 Å². The molecule has 0 atom stereocenters. The molecule has 1 aromatic carbocycles. The summed E-state index contributed by atoms with van der Waals surface area (Å²) in [5.41, 5.74) is 4.62. The van der Waals surface area contributed by atoms with E-state index in [2.05, 4.69) is 24.1 Å². The van der Waals surface area contributed by atoms with E-state index < -0.39 is 0 Å². The van der Waals surface area contributed by atoms with Crippen molar-refractivity contribution in [2.45, 2.75) is 47.5 Å². The number of hydrogen-bond acceptors (Lipinski definition) is 4. The van der Waals surface area contributed by atoms with Crippen molar-refractivity contribution in [3.63, 3.8) is 0 Å². The van der Waals surface area contributed by atoms with E-state index in [0.29, 0.717) is 22.8 Å². The van der Waals surface area contributed by atoms with Crippen LogP contribution in [0.25, 0.3) is 16.7 Å². The minimum absolute atomic E-state index is 0.0903. The van der Waals surface area contributed by atoms with Gasteiger partial charge in [0.15, 0.2) is 5.65 Å². The van der Waals surface area contributed by atoms with Gasteiger partial charge in [-0.25, -0.2) is 9.67 Å². The minimum Gasteiger partial charge on any atom is -0.351 e. The Morgan fingerprint density at radius 2 is 1.97 bits per heavy atom. The van der Waals surface area contributed by atoms with Crippen LogP contribution >= 0.6 is 11.6 Å². The maximum atomic E-state index is 13.1. The second-order valence-electron chi connectivity index (χ2n) is 7.93. The Morgan fingerprint density at radius 1 is 1.19 bits per heavy atom. The molecular formula is C24H32ClN5O. The zero-order valence-corrected chi connectivity index (χ0v) is 19.9. The van der Waals surface area contributed by atoms with Gasteiger partial charge in [-0.15, -0.1) is 0 Å². The molecule has 6 nitrogen and oxygen atoms in total. The van der Waals surface area contributed by atoms with Crippen LogP contribution in [0.2, 0.25) is 5.02 Å². The summed E-state index contributed by atoms with van der Waals surface area (Å²) < 4.78 is 1.79. The quantitative estimate of drug-likeness (QED) is 0.515. The fourth-order valence-corrected chi connectivity index (χ4v) is 3.99. The summed E-state index contributed by atoms with van der Waals surface area (Å²) in [6.07, 6.45) is 2.35. The Kier molecular flexibility index (Phi) is 7.68. The van der Waals surface area contributed by atoms with Crippen LogP contribution < -0.4 is 5.32 Å². The summed E-state index contributed by atoms with van der Waals surface area (Å²) in [6, 6.07) is 7.56. The second kappa shape index (κ2) is 10.2. The number of carbonyl (C=O) groups excluding carboxylic acids is 1. The summed E-state index contributed by atoms with van der Waals surface area (Å²) in [5, 5.41) is 9.25. The van der Waals surface area contributed by atoms with E-state index in [1.165, 1.54) is 12.8 Å². The lowest BCUT2D eigenvalue weighted by atomic mass is 10.1. The van der Waals surface area contributed by atoms with Crippen molar-refractivity contribution in [1.82, 2.24) is 25.0 Å². The van der Waals surface area contributed by atoms with Crippen LogP contribution in [0, 0.1) is 20.8 Å². The molecule has 7 heteroatoms. The number of nitrogens with zero attached hydrogens (tertiary/aromatic N) is 4. The number of halogens is 1. The lowest BCUT2D eigenvalue weighted by Gasteiger charge is -2.20. The van der Waals surface area contributed by atoms with Crippen LogP contribution in [-0.4, -0.2) is 51.8 Å². The van der Waals surface area contributed by atoms with Gasteiger partial charge in [-0.1, -0.05) is 37.9 Å². The van der Waals surface area contributed by atoms with Crippen LogP contribution in [0.1, 0.15) is 54.0 Å². The Hall–Kier alpha value is -2.44. The first-order valence-electron chi connectivity index (χ1n) is 11.0. The Labute approximate surface area is 189 Å². The number of amides is 1. The molecule has 0 radical (unpaired) electrons. The molecule has 2 heterocycles. The molecule has 3 aromatic rings. The Morgan fingerprint density at radius 3 is 2.68 bits per heavy atom. The number of aromatic nitrogens is 3. The van der Waals surface area contributed by atoms with E-state index in [-0.39, 0.29) is 5.91 Å². The molecule has 0 fully saturated rings. The number of pyridine rings is 1. The standard InChI is InChI=1S/C24H32ClN5O/c1-6-8-13-29(7-2)14-12-26-24(31)19-15-16(3)27-23-22(19)18(5)28-30(23)21-11-9-10-20(25)17(21)4/h9-11,15H,6-8,12-14H2,1-5H3,(H,26,31). The van der Waals surface area contributed by atoms with Crippen molar-refractivity contribution >= 4 is 28.5 Å². The molecule has 166 valence electrons. The fraction of sp³-hybridized carbons (Fsp3) is 0.458. The van der Waals surface area contributed by atoms with Crippen molar-refractivity contribution in [1.29, 1.82) is 0 Å². The summed E-state index contributed by atoms with van der Waals surface area (Å²) in [4.78, 5) is 20.2. The van der Waals surface area contributed by atoms with Crippen molar-refractivity contribution in [2.75, 3.05) is 26.2 Å². The van der Waals surface area contributed by atoms with Gasteiger partial charge in [0.2, 0.25) is 0 Å². The van der Waals surface area contributed by atoms with Gasteiger partial charge in [-0.2, -0.15) is 5.10 Å². The highest BCUT2D eigenvalue weighted by Crippen LogP contribution is 2.28. The van der Waals surface area contributed by atoms with Gasteiger partial charge in [0.05, 0.1) is 22.3 Å². The molecular weight excluding hydrogens is 410 g/mol. The number of carbonyl (C=O) groups is 1. The fourth-order valence-electron chi connectivity index (χ4n) is 3.82. The van der Waals surface area contributed by atoms with E-state index in [0.717, 1.165) is 47.7 Å². The predicted molar refractivity (Wildman–Crippen MR) is 127 cm³/mol. The molecule has 31 heavy (non-hydrogen) atoms. The summed E-state index contributed by atoms with van der Waals surface area (Å²) in [5.74, 6) is -0.0903. The van der Waals surface area contributed by atoms with Gasteiger partial charge in [-0.3, -0.25) is 4.79 Å². The maximum Gasteiger partial charge on any atom is 0.252 e. The van der Waals surface area contributed by atoms with Crippen molar-refractivity contribution in [2.24, 2.45) is 0 Å². The van der Waals surface area contributed by atoms with E-state index >= 15 is 0 Å². The van der Waals surface area contributed by atoms with E-state index in [9.17, 15) is 4.79 Å². The summed E-state index contributed by atoms with van der Waals surface area (Å²) in [6.45, 7) is 13.6. The van der Waals surface area contributed by atoms with Gasteiger partial charge in [0.25, 0.3) is 5.91 Å². The SMILES string of the molecule is CCCCN(CC)CCNC(=O)c1cc(C)nc2c1c(C)nn2-c1cccc(Cl)c1C. The highest BCUT2D eigenvalue weighted by Gasteiger charge is 2.20. The maximum absolute atomic E-state index is 13.1. The minimum atomic E-state index is -0.0903. The number of aryl methyl sites for hydroxylation is 2. The van der Waals surface area contributed by atoms with Gasteiger partial charge >= 0.3 is 0 Å². The Balaban J connectivity index is 1.91. The lowest BCUT2D eigenvalue weighted by Crippen LogP contribution is -2.35. The lowest BCUT2D eigenvalue weighted by molar-refractivity contribution is 0.0950. The molecule has 0 saturated carbocycles. The number of hydrogen-bond donors (Lipinski definition) is 1. The molecule has 3 rings (SSSR count). The molecule has 1 amide bonds. The van der Waals surface area contributed by atoms with E-state index in [1.54, 1.807) is 4.68 Å². The summed E-state index contributed by atoms with van der Waals surface area (Å²) in [7, 11) is 0. The normalized spacial score (nSPS) is 11.5. The monoisotopic (exact) mass is 441 g/mol. The third-order valence-electron chi connectivity index (χ3n) is 5.64. The van der Waals surface area contributed by atoms with Crippen LogP contribution in [0.15, 0.2) is 24.3 Å². The van der Waals surface area contributed by atoms with Crippen LogP contribution in [0.3, 0.4) is 0 Å². The average Bonchev–Trinajstić information content (AvgIpc) is 3.07. The summed E-state index contributed by atoms with van der Waals surface area (Å²) >= 11 is 6.33. The van der Waals surface area contributed by atoms with Crippen LogP contribution in [0.4, 0.5) is 0 Å². The van der Waals surface area contributed by atoms with Crippen molar-refractivity contribution in [3.05, 3.63) is 51.8 Å². The molecule has 0 spiro atoms. The molecule has 1 N–H and O–H groups in total. The van der Waals surface area contributed by atoms with Crippen LogP contribution in [-0.2, 0) is 0 Å². The van der Waals surface area contributed by atoms with E-state index in [1.807, 2.05) is 45.0 Å². The third kappa shape index (κ3) is 5.08. The Bertz CT molecular complexity index is 1080. The molecule has 0 bridgehead atoms.